The molecule has 0 radical (unpaired) electrons. The molecule has 1 aromatic carbocycles. The summed E-state index contributed by atoms with van der Waals surface area (Å²) in [7, 11) is -3.73. The van der Waals surface area contributed by atoms with Gasteiger partial charge in [-0.25, -0.2) is 18.2 Å². The van der Waals surface area contributed by atoms with E-state index >= 15 is 0 Å². The lowest BCUT2D eigenvalue weighted by Crippen LogP contribution is -2.34. The van der Waals surface area contributed by atoms with Crippen LogP contribution in [0.2, 0.25) is 10.0 Å². The van der Waals surface area contributed by atoms with Crippen LogP contribution < -0.4 is 10.0 Å². The van der Waals surface area contributed by atoms with Gasteiger partial charge in [-0.2, -0.15) is 0 Å². The van der Waals surface area contributed by atoms with Gasteiger partial charge in [0.25, 0.3) is 15.9 Å². The summed E-state index contributed by atoms with van der Waals surface area (Å²) in [5.74, 6) is -1.38. The summed E-state index contributed by atoms with van der Waals surface area (Å²) in [5, 5.41) is 2.86. The molecule has 12 heteroatoms. The van der Waals surface area contributed by atoms with E-state index in [1.165, 1.54) is 32.2 Å². The van der Waals surface area contributed by atoms with Crippen molar-refractivity contribution in [3.8, 4) is 0 Å². The van der Waals surface area contributed by atoms with Gasteiger partial charge in [-0.1, -0.05) is 35.3 Å². The highest BCUT2D eigenvalue weighted by Crippen LogP contribution is 2.24. The smallest absolute Gasteiger partial charge is 0.331 e. The standard InChI is InChI=1S/C18H16Cl2N4O5S/c1-9(22-15-12-5-3-4-6-14(12)30(27,28)24-15)18(26)29-10(2)17(25)23-16-13(20)7-11(19)8-21-16/h3-10H,1-2H3,(H,22,24)(H,21,23,25). The zero-order valence-corrected chi connectivity index (χ0v) is 18.0. The van der Waals surface area contributed by atoms with Crippen molar-refractivity contribution in [3.05, 3.63) is 52.1 Å². The molecule has 0 saturated carbocycles. The number of esters is 1. The predicted octanol–water partition coefficient (Wildman–Crippen LogP) is 2.39. The monoisotopic (exact) mass is 470 g/mol. The molecule has 2 N–H and O–H groups in total. The number of aromatic nitrogens is 1. The molecule has 2 heterocycles. The topological polar surface area (TPSA) is 127 Å². The normalized spacial score (nSPS) is 17.5. The van der Waals surface area contributed by atoms with E-state index in [4.69, 9.17) is 27.9 Å². The average Bonchev–Trinajstić information content (AvgIpc) is 2.94. The van der Waals surface area contributed by atoms with E-state index in [9.17, 15) is 18.0 Å². The predicted molar refractivity (Wildman–Crippen MR) is 111 cm³/mol. The first kappa shape index (κ1) is 22.0. The lowest BCUT2D eigenvalue weighted by molar-refractivity contribution is -0.154. The molecule has 0 aliphatic carbocycles. The minimum absolute atomic E-state index is 0.0318. The van der Waals surface area contributed by atoms with E-state index in [2.05, 4.69) is 20.0 Å². The van der Waals surface area contributed by atoms with Crippen LogP contribution in [0.1, 0.15) is 19.4 Å². The number of fused-ring (bicyclic) bond motifs is 1. The maximum Gasteiger partial charge on any atom is 0.331 e. The average molecular weight is 471 g/mol. The largest absolute Gasteiger partial charge is 0.451 e. The molecule has 1 aliphatic heterocycles. The quantitative estimate of drug-likeness (QED) is 0.645. The number of carbonyl (C=O) groups excluding carboxylic acids is 2. The number of carbonyl (C=O) groups is 2. The Morgan fingerprint density at radius 1 is 1.23 bits per heavy atom. The second-order valence-electron chi connectivity index (χ2n) is 6.31. The van der Waals surface area contributed by atoms with Gasteiger partial charge in [0.1, 0.15) is 11.9 Å². The molecule has 0 spiro atoms. The molecular formula is C18H16Cl2N4O5S. The lowest BCUT2D eigenvalue weighted by Gasteiger charge is -2.15. The highest BCUT2D eigenvalue weighted by molar-refractivity contribution is 7.90. The highest BCUT2D eigenvalue weighted by Gasteiger charge is 2.31. The molecule has 158 valence electrons. The van der Waals surface area contributed by atoms with Gasteiger partial charge in [0.05, 0.1) is 14.9 Å². The van der Waals surface area contributed by atoms with Crippen LogP contribution in [-0.4, -0.2) is 43.3 Å². The summed E-state index contributed by atoms with van der Waals surface area (Å²) in [4.78, 5) is 32.7. The number of benzene rings is 1. The Morgan fingerprint density at radius 2 is 1.93 bits per heavy atom. The van der Waals surface area contributed by atoms with E-state index in [0.29, 0.717) is 10.6 Å². The molecule has 2 atom stereocenters. The number of halogens is 2. The first-order valence-electron chi connectivity index (χ1n) is 8.61. The number of amidine groups is 1. The van der Waals surface area contributed by atoms with Gasteiger partial charge in [0, 0.05) is 11.8 Å². The van der Waals surface area contributed by atoms with Gasteiger partial charge in [0.15, 0.2) is 11.9 Å². The van der Waals surface area contributed by atoms with Crippen molar-refractivity contribution in [1.82, 2.24) is 9.71 Å². The van der Waals surface area contributed by atoms with Crippen LogP contribution in [-0.2, 0) is 24.3 Å². The summed E-state index contributed by atoms with van der Waals surface area (Å²) in [6, 6.07) is 6.58. The van der Waals surface area contributed by atoms with Crippen LogP contribution in [0.5, 0.6) is 0 Å². The van der Waals surface area contributed by atoms with Crippen LogP contribution in [0.3, 0.4) is 0 Å². The van der Waals surface area contributed by atoms with Crippen molar-refractivity contribution in [2.45, 2.75) is 30.9 Å². The summed E-state index contributed by atoms with van der Waals surface area (Å²) in [5.41, 5.74) is 0.353. The number of hydrogen-bond donors (Lipinski definition) is 2. The third-order valence-electron chi connectivity index (χ3n) is 4.04. The fourth-order valence-electron chi connectivity index (χ4n) is 2.53. The van der Waals surface area contributed by atoms with Crippen LogP contribution in [0.25, 0.3) is 0 Å². The van der Waals surface area contributed by atoms with Gasteiger partial charge in [-0.15, -0.1) is 0 Å². The zero-order valence-electron chi connectivity index (χ0n) is 15.7. The van der Waals surface area contributed by atoms with Crippen LogP contribution in [0.15, 0.2) is 46.4 Å². The molecule has 3 rings (SSSR count). The number of pyridine rings is 1. The van der Waals surface area contributed by atoms with Crippen molar-refractivity contribution in [3.63, 3.8) is 0 Å². The van der Waals surface area contributed by atoms with E-state index < -0.39 is 34.0 Å². The zero-order chi connectivity index (χ0) is 22.1. The molecule has 9 nitrogen and oxygen atoms in total. The minimum atomic E-state index is -3.73. The number of nitrogens with one attached hydrogen (secondary N) is 2. The van der Waals surface area contributed by atoms with E-state index in [1.54, 1.807) is 18.2 Å². The molecule has 0 saturated heterocycles. The van der Waals surface area contributed by atoms with Gasteiger partial charge >= 0.3 is 5.97 Å². The highest BCUT2D eigenvalue weighted by atomic mass is 35.5. The Kier molecular flexibility index (Phi) is 6.30. The molecular weight excluding hydrogens is 455 g/mol. The maximum atomic E-state index is 12.3. The number of nitrogens with zero attached hydrogens (tertiary/aromatic N) is 2. The lowest BCUT2D eigenvalue weighted by atomic mass is 10.2. The molecule has 2 unspecified atom stereocenters. The number of hydrogen-bond acceptors (Lipinski definition) is 7. The van der Waals surface area contributed by atoms with Crippen molar-refractivity contribution in [1.29, 1.82) is 0 Å². The van der Waals surface area contributed by atoms with Crippen LogP contribution >= 0.6 is 23.2 Å². The van der Waals surface area contributed by atoms with E-state index in [1.807, 2.05) is 0 Å². The fraction of sp³-hybridized carbons (Fsp3) is 0.222. The Bertz CT molecular complexity index is 1150. The summed E-state index contributed by atoms with van der Waals surface area (Å²) in [6.07, 6.45) is 0.125. The first-order chi connectivity index (χ1) is 14.1. The molecule has 30 heavy (non-hydrogen) atoms. The van der Waals surface area contributed by atoms with Gasteiger partial charge in [-0.05, 0) is 32.0 Å². The van der Waals surface area contributed by atoms with E-state index in [-0.39, 0.29) is 21.6 Å². The Balaban J connectivity index is 1.67. The fourth-order valence-corrected chi connectivity index (χ4v) is 4.19. The number of aliphatic imine (C=N–C) groups is 1. The molecule has 0 fully saturated rings. The van der Waals surface area contributed by atoms with Gasteiger partial charge in [0.2, 0.25) is 0 Å². The number of sulfonamides is 1. The number of rotatable bonds is 5. The minimum Gasteiger partial charge on any atom is -0.451 e. The van der Waals surface area contributed by atoms with Crippen molar-refractivity contribution in [2.75, 3.05) is 5.32 Å². The van der Waals surface area contributed by atoms with Gasteiger partial charge < -0.3 is 10.1 Å². The molecule has 1 aliphatic rings. The Morgan fingerprint density at radius 3 is 2.63 bits per heavy atom. The molecule has 0 bridgehead atoms. The molecule has 1 aromatic heterocycles. The third kappa shape index (κ3) is 4.72. The molecule has 1 amide bonds. The van der Waals surface area contributed by atoms with Gasteiger partial charge in [-0.3, -0.25) is 14.5 Å². The summed E-state index contributed by atoms with van der Waals surface area (Å²) >= 11 is 11.7. The number of anilines is 1. The second-order valence-corrected chi connectivity index (χ2v) is 8.80. The summed E-state index contributed by atoms with van der Waals surface area (Å²) in [6.45, 7) is 2.79. The van der Waals surface area contributed by atoms with Crippen LogP contribution in [0, 0.1) is 0 Å². The van der Waals surface area contributed by atoms with Crippen LogP contribution in [0.4, 0.5) is 5.82 Å². The molecule has 2 aromatic rings. The Hall–Kier alpha value is -2.69. The summed E-state index contributed by atoms with van der Waals surface area (Å²) < 4.78 is 31.7. The van der Waals surface area contributed by atoms with Crippen molar-refractivity contribution in [2.24, 2.45) is 4.99 Å². The van der Waals surface area contributed by atoms with E-state index in [0.717, 1.165) is 0 Å². The second kappa shape index (κ2) is 8.58. The first-order valence-corrected chi connectivity index (χ1v) is 10.8. The van der Waals surface area contributed by atoms with Crippen molar-refractivity contribution >= 4 is 56.8 Å². The SMILES string of the molecule is CC(N=C1NS(=O)(=O)c2ccccc21)C(=O)OC(C)C(=O)Nc1ncc(Cl)cc1Cl. The number of amides is 1. The third-order valence-corrected chi connectivity index (χ3v) is 5.93. The van der Waals surface area contributed by atoms with Crippen molar-refractivity contribution < 1.29 is 22.7 Å². The number of ether oxygens (including phenoxy) is 1. The maximum absolute atomic E-state index is 12.3. The Labute approximate surface area is 182 Å².